The number of rotatable bonds is 4. The fourth-order valence-corrected chi connectivity index (χ4v) is 2.10. The summed E-state index contributed by atoms with van der Waals surface area (Å²) < 4.78 is 0. The summed E-state index contributed by atoms with van der Waals surface area (Å²) in [4.78, 5) is 0. The van der Waals surface area contributed by atoms with E-state index in [9.17, 15) is 0 Å². The van der Waals surface area contributed by atoms with Crippen molar-refractivity contribution in [1.29, 1.82) is 0 Å². The van der Waals surface area contributed by atoms with Gasteiger partial charge >= 0.3 is 27.0 Å². The van der Waals surface area contributed by atoms with E-state index in [0.717, 1.165) is 5.56 Å². The van der Waals surface area contributed by atoms with E-state index in [0.29, 0.717) is 12.5 Å². The molecular formula is C20H28ClN2Ru. The quantitative estimate of drug-likeness (QED) is 0.471. The van der Waals surface area contributed by atoms with E-state index in [1.807, 2.05) is 47.6 Å². The van der Waals surface area contributed by atoms with Gasteiger partial charge in [0, 0.05) is 0 Å². The number of halogens is 1. The summed E-state index contributed by atoms with van der Waals surface area (Å²) in [5, 5.41) is 3.92. The second-order valence-corrected chi connectivity index (χ2v) is 5.96. The van der Waals surface area contributed by atoms with Crippen molar-refractivity contribution in [3.8, 4) is 0 Å². The summed E-state index contributed by atoms with van der Waals surface area (Å²) in [6.07, 6.45) is 0. The molecule has 0 aliphatic rings. The van der Waals surface area contributed by atoms with Gasteiger partial charge in [0.2, 0.25) is 0 Å². The molecule has 2 nitrogen and oxygen atoms in total. The molecule has 4 heteroatoms. The third-order valence-electron chi connectivity index (χ3n) is 3.76. The minimum atomic E-state index is -0.193. The van der Waals surface area contributed by atoms with Crippen LogP contribution in [0.3, 0.4) is 0 Å². The number of nitrogens with zero attached hydrogens (tertiary/aromatic N) is 1. The number of benzene rings is 2. The van der Waals surface area contributed by atoms with Crippen molar-refractivity contribution in [3.05, 3.63) is 81.8 Å². The molecule has 2 rings (SSSR count). The summed E-state index contributed by atoms with van der Waals surface area (Å²) in [6.45, 7) is 9.36. The van der Waals surface area contributed by atoms with Crippen LogP contribution in [0.4, 0.5) is 0 Å². The molecule has 0 aromatic heterocycles. The molecule has 0 saturated heterocycles. The van der Waals surface area contributed by atoms with E-state index in [-0.39, 0.29) is 6.04 Å². The summed E-state index contributed by atoms with van der Waals surface area (Å²) in [6, 6.07) is 16.3. The SMILES string of the molecule is C[N-]C[C@H]([NH-])c1ccccc1.Cc1ccc(C(C)C)cc1C.[Cl][Ru+2]. The Morgan fingerprint density at radius 3 is 2.00 bits per heavy atom. The molecule has 0 amide bonds. The van der Waals surface area contributed by atoms with Crippen LogP contribution in [0.2, 0.25) is 0 Å². The van der Waals surface area contributed by atoms with Gasteiger partial charge in [-0.3, -0.25) is 0 Å². The first-order valence-electron chi connectivity index (χ1n) is 7.97. The van der Waals surface area contributed by atoms with Gasteiger partial charge in [0.05, 0.1) is 0 Å². The third kappa shape index (κ3) is 8.94. The monoisotopic (exact) mass is 433 g/mol. The standard InChI is InChI=1S/C11H16.C9H12N2.ClH.Ru/c1-8(2)11-6-5-9(3)10(4)7-11;1-11-7-9(10)8-5-3-2-4-6-8;;/h5-8H,1-4H3;2-6,9-10H,7H2,1H3;1H;/q;-2;;+3/p-1/t;9-;;/m.0../s1. The van der Waals surface area contributed by atoms with Crippen LogP contribution in [0.25, 0.3) is 11.1 Å². The first-order valence-corrected chi connectivity index (χ1v) is 10.2. The minimum absolute atomic E-state index is 0.193. The number of hydrogen-bond acceptors (Lipinski definition) is 0. The van der Waals surface area contributed by atoms with Crippen LogP contribution in [0.15, 0.2) is 48.5 Å². The maximum absolute atomic E-state index is 7.62. The molecule has 133 valence electrons. The number of aryl methyl sites for hydroxylation is 2. The Morgan fingerprint density at radius 2 is 1.54 bits per heavy atom. The van der Waals surface area contributed by atoms with Crippen LogP contribution in [-0.2, 0) is 17.3 Å². The van der Waals surface area contributed by atoms with Crippen LogP contribution < -0.4 is 0 Å². The van der Waals surface area contributed by atoms with Crippen LogP contribution in [0, 0.1) is 13.8 Å². The average Bonchev–Trinajstić information content (AvgIpc) is 2.60. The molecule has 24 heavy (non-hydrogen) atoms. The molecule has 0 heterocycles. The summed E-state index contributed by atoms with van der Waals surface area (Å²) in [7, 11) is 6.31. The van der Waals surface area contributed by atoms with E-state index >= 15 is 0 Å². The van der Waals surface area contributed by atoms with Crippen LogP contribution in [0.1, 0.15) is 48.1 Å². The number of likely N-dealkylation sites (N-methyl/N-ethyl adjacent to an activating group) is 1. The average molecular weight is 433 g/mol. The summed E-state index contributed by atoms with van der Waals surface area (Å²) >= 11 is 1.82. The molecule has 0 unspecified atom stereocenters. The Kier molecular flexibility index (Phi) is 13.1. The van der Waals surface area contributed by atoms with Gasteiger partial charge in [-0.05, 0) is 36.5 Å². The van der Waals surface area contributed by atoms with Gasteiger partial charge in [-0.15, -0.1) is 6.04 Å². The number of hydrogen-bond donors (Lipinski definition) is 0. The molecule has 2 aromatic rings. The molecule has 0 radical (unpaired) electrons. The normalized spacial score (nSPS) is 11.0. The van der Waals surface area contributed by atoms with E-state index in [2.05, 4.69) is 60.9 Å². The van der Waals surface area contributed by atoms with Crippen molar-refractivity contribution < 1.29 is 17.3 Å². The van der Waals surface area contributed by atoms with Gasteiger partial charge in [0.25, 0.3) is 0 Å². The Hall–Kier alpha value is -0.727. The third-order valence-corrected chi connectivity index (χ3v) is 3.76. The topological polar surface area (TPSA) is 37.9 Å². The maximum atomic E-state index is 7.62. The van der Waals surface area contributed by atoms with Gasteiger partial charge in [-0.25, -0.2) is 0 Å². The Bertz CT molecular complexity index is 559. The van der Waals surface area contributed by atoms with Gasteiger partial charge in [-0.2, -0.15) is 13.6 Å². The zero-order valence-corrected chi connectivity index (χ0v) is 17.7. The molecule has 1 atom stereocenters. The van der Waals surface area contributed by atoms with Crippen LogP contribution >= 0.6 is 9.69 Å². The Labute approximate surface area is 161 Å². The second-order valence-electron chi connectivity index (χ2n) is 5.96. The first kappa shape index (κ1) is 23.3. The predicted molar refractivity (Wildman–Crippen MR) is 104 cm³/mol. The second kappa shape index (κ2) is 13.6. The van der Waals surface area contributed by atoms with E-state index in [1.165, 1.54) is 16.7 Å². The fourth-order valence-electron chi connectivity index (χ4n) is 2.10. The van der Waals surface area contributed by atoms with E-state index in [1.54, 1.807) is 7.05 Å². The summed E-state index contributed by atoms with van der Waals surface area (Å²) in [5.41, 5.74) is 12.9. The molecule has 0 spiro atoms. The Morgan fingerprint density at radius 1 is 0.958 bits per heavy atom. The van der Waals surface area contributed by atoms with Crippen LogP contribution in [0.5, 0.6) is 0 Å². The van der Waals surface area contributed by atoms with Crippen molar-refractivity contribution in [2.45, 2.75) is 39.7 Å². The molecule has 0 saturated carbocycles. The van der Waals surface area contributed by atoms with Gasteiger partial charge < -0.3 is 11.1 Å². The van der Waals surface area contributed by atoms with Gasteiger partial charge in [-0.1, -0.05) is 67.9 Å². The summed E-state index contributed by atoms with van der Waals surface area (Å²) in [5.74, 6) is 0.647. The predicted octanol–water partition coefficient (Wildman–Crippen LogP) is 6.90. The zero-order chi connectivity index (χ0) is 18.5. The number of nitrogens with one attached hydrogen (secondary N) is 1. The van der Waals surface area contributed by atoms with Crippen LogP contribution in [-0.4, -0.2) is 13.6 Å². The van der Waals surface area contributed by atoms with E-state index < -0.39 is 0 Å². The van der Waals surface area contributed by atoms with Gasteiger partial charge in [0.15, 0.2) is 0 Å². The van der Waals surface area contributed by atoms with Crippen molar-refractivity contribution in [3.63, 3.8) is 0 Å². The first-order chi connectivity index (χ1) is 11.5. The molecule has 0 aliphatic carbocycles. The van der Waals surface area contributed by atoms with E-state index in [4.69, 9.17) is 5.73 Å². The zero-order valence-electron chi connectivity index (χ0n) is 15.2. The van der Waals surface area contributed by atoms with Crippen molar-refractivity contribution in [2.24, 2.45) is 0 Å². The van der Waals surface area contributed by atoms with Crippen molar-refractivity contribution in [1.82, 2.24) is 0 Å². The van der Waals surface area contributed by atoms with Gasteiger partial charge in [0.1, 0.15) is 0 Å². The molecule has 1 N–H and O–H groups in total. The fraction of sp³-hybridized carbons (Fsp3) is 0.400. The molecule has 0 bridgehead atoms. The van der Waals surface area contributed by atoms with Crippen molar-refractivity contribution >= 4 is 9.69 Å². The molecule has 2 aromatic carbocycles. The molecular weight excluding hydrogens is 405 g/mol. The molecule has 0 aliphatic heterocycles. The molecule has 0 fully saturated rings. The Balaban J connectivity index is 0.000000400. The van der Waals surface area contributed by atoms with Crippen molar-refractivity contribution in [2.75, 3.05) is 13.6 Å².